The minimum Gasteiger partial charge on any atom is -0.385 e. The van der Waals surface area contributed by atoms with Gasteiger partial charge in [-0.2, -0.15) is 5.10 Å². The van der Waals surface area contributed by atoms with Crippen LogP contribution in [0.25, 0.3) is 5.00 Å². The highest BCUT2D eigenvalue weighted by Gasteiger charge is 2.32. The summed E-state index contributed by atoms with van der Waals surface area (Å²) in [4.78, 5) is 4.13. The van der Waals surface area contributed by atoms with Crippen LogP contribution in [0.5, 0.6) is 0 Å². The Kier molecular flexibility index (Phi) is 5.61. The monoisotopic (exact) mass is 479 g/mol. The molecule has 4 aromatic rings. The van der Waals surface area contributed by atoms with E-state index in [2.05, 4.69) is 31.1 Å². The molecule has 0 bridgehead atoms. The van der Waals surface area contributed by atoms with E-state index in [0.29, 0.717) is 23.5 Å². The van der Waals surface area contributed by atoms with Gasteiger partial charge in [0.15, 0.2) is 0 Å². The van der Waals surface area contributed by atoms with E-state index in [1.807, 2.05) is 67.1 Å². The average molecular weight is 480 g/mol. The van der Waals surface area contributed by atoms with Crippen LogP contribution >= 0.6 is 22.9 Å². The van der Waals surface area contributed by atoms with Gasteiger partial charge in [0, 0.05) is 44.1 Å². The molecule has 1 aliphatic rings. The van der Waals surface area contributed by atoms with E-state index in [0.717, 1.165) is 38.1 Å². The summed E-state index contributed by atoms with van der Waals surface area (Å²) in [6.07, 6.45) is 3.55. The first-order valence-corrected chi connectivity index (χ1v) is 11.5. The number of halogens is 1. The quantitative estimate of drug-likeness (QED) is 0.380. The Hall–Kier alpha value is -3.63. The molecule has 168 valence electrons. The Morgan fingerprint density at radius 2 is 1.70 bits per heavy atom. The molecule has 0 atom stereocenters. The highest BCUT2D eigenvalue weighted by Crippen LogP contribution is 2.45. The normalized spacial score (nSPS) is 12.5. The number of benzene rings is 1. The van der Waals surface area contributed by atoms with Gasteiger partial charge in [-0.25, -0.2) is 9.58 Å². The van der Waals surface area contributed by atoms with E-state index >= 15 is 0 Å². The van der Waals surface area contributed by atoms with Crippen molar-refractivity contribution in [2.75, 3.05) is 42.1 Å². The van der Waals surface area contributed by atoms with Crippen LogP contribution in [-0.4, -0.2) is 46.6 Å². The second kappa shape index (κ2) is 8.72. The fourth-order valence-corrected chi connectivity index (χ4v) is 5.08. The van der Waals surface area contributed by atoms with Gasteiger partial charge < -0.3 is 16.0 Å². The number of nitrogens with zero attached hydrogens (tertiary/aromatic N) is 6. The molecule has 0 unspecified atom stereocenters. The molecule has 0 spiro atoms. The number of anilines is 4. The molecule has 0 radical (unpaired) electrons. The zero-order valence-corrected chi connectivity index (χ0v) is 19.9. The van der Waals surface area contributed by atoms with Crippen LogP contribution in [0.1, 0.15) is 16.7 Å². The van der Waals surface area contributed by atoms with Gasteiger partial charge in [-0.1, -0.05) is 35.1 Å². The topological polar surface area (TPSA) is 95.3 Å². The lowest BCUT2D eigenvalue weighted by molar-refractivity contribution is 0.799. The molecule has 1 aromatic carbocycles. The van der Waals surface area contributed by atoms with Crippen LogP contribution in [-0.2, 0) is 6.54 Å². The van der Waals surface area contributed by atoms with Crippen molar-refractivity contribution in [1.29, 1.82) is 0 Å². The van der Waals surface area contributed by atoms with Gasteiger partial charge in [-0.05, 0) is 29.8 Å². The summed E-state index contributed by atoms with van der Waals surface area (Å²) in [7, 11) is 5.66. The summed E-state index contributed by atoms with van der Waals surface area (Å²) >= 11 is 7.80. The Balaban J connectivity index is 1.80. The lowest BCUT2D eigenvalue weighted by Gasteiger charge is -2.18. The van der Waals surface area contributed by atoms with E-state index in [4.69, 9.17) is 16.7 Å². The summed E-state index contributed by atoms with van der Waals surface area (Å²) in [5.74, 6) is 1.25. The molecular weight excluding hydrogens is 458 g/mol. The number of aromatic nitrogens is 4. The first kappa shape index (κ1) is 21.2. The van der Waals surface area contributed by atoms with Crippen molar-refractivity contribution in [3.05, 3.63) is 70.5 Å². The fourth-order valence-electron chi connectivity index (χ4n) is 3.80. The molecule has 0 fully saturated rings. The van der Waals surface area contributed by atoms with Crippen LogP contribution < -0.4 is 21.0 Å². The third kappa shape index (κ3) is 3.66. The lowest BCUT2D eigenvalue weighted by atomic mass is 10.0. The smallest absolute Gasteiger partial charge is 0.254 e. The van der Waals surface area contributed by atoms with Crippen LogP contribution in [0, 0.1) is 0 Å². The third-order valence-corrected chi connectivity index (χ3v) is 6.77. The Morgan fingerprint density at radius 3 is 2.36 bits per heavy atom. The molecule has 0 aliphatic carbocycles. The third-order valence-electron chi connectivity index (χ3n) is 5.33. The summed E-state index contributed by atoms with van der Waals surface area (Å²) in [5, 5.41) is 28.3. The lowest BCUT2D eigenvalue weighted by Crippen LogP contribution is -2.20. The molecule has 0 saturated heterocycles. The number of thiophene rings is 1. The maximum Gasteiger partial charge on any atom is 0.254 e. The molecular formula is C22H22ClN9S. The summed E-state index contributed by atoms with van der Waals surface area (Å²) in [6, 6.07) is 11.7. The first-order valence-electron chi connectivity index (χ1n) is 10.3. The molecule has 9 nitrogen and oxygen atoms in total. The van der Waals surface area contributed by atoms with Crippen molar-refractivity contribution in [2.24, 2.45) is 5.10 Å². The number of rotatable bonds is 6. The number of fused-ring (bicyclic) bond motifs is 3. The van der Waals surface area contributed by atoms with Crippen molar-refractivity contribution < 1.29 is 0 Å². The van der Waals surface area contributed by atoms with E-state index in [9.17, 15) is 0 Å². The molecule has 3 N–H and O–H groups in total. The maximum atomic E-state index is 6.19. The first-order chi connectivity index (χ1) is 16.1. The Bertz CT molecular complexity index is 1310. The summed E-state index contributed by atoms with van der Waals surface area (Å²) in [6.45, 7) is 0.504. The maximum absolute atomic E-state index is 6.19. The minimum absolute atomic E-state index is 0.504. The number of hydrogen-bond acceptors (Lipinski definition) is 9. The zero-order chi connectivity index (χ0) is 22.9. The highest BCUT2D eigenvalue weighted by atomic mass is 35.5. The summed E-state index contributed by atoms with van der Waals surface area (Å²) in [5.41, 5.74) is 4.73. The Morgan fingerprint density at radius 1 is 0.939 bits per heavy atom. The molecule has 0 amide bonds. The number of pyridine rings is 1. The van der Waals surface area contributed by atoms with E-state index in [1.165, 1.54) is 0 Å². The van der Waals surface area contributed by atoms with Crippen molar-refractivity contribution in [3.8, 4) is 5.00 Å². The van der Waals surface area contributed by atoms with Crippen molar-refractivity contribution >= 4 is 51.2 Å². The number of hydrazone groups is 1. The predicted molar refractivity (Wildman–Crippen MR) is 135 cm³/mol. The van der Waals surface area contributed by atoms with Crippen LogP contribution in [0.4, 0.5) is 22.6 Å². The average Bonchev–Trinajstić information content (AvgIpc) is 3.40. The fraction of sp³-hybridized carbons (Fsp3) is 0.182. The van der Waals surface area contributed by atoms with Crippen LogP contribution in [0.15, 0.2) is 53.9 Å². The molecule has 4 heterocycles. The number of nitrogens with one attached hydrogen (secondary N) is 3. The van der Waals surface area contributed by atoms with Gasteiger partial charge in [0.2, 0.25) is 5.95 Å². The van der Waals surface area contributed by atoms with Crippen LogP contribution in [0.3, 0.4) is 0 Å². The minimum atomic E-state index is 0.504. The molecule has 1 aliphatic heterocycles. The molecule has 11 heteroatoms. The van der Waals surface area contributed by atoms with E-state index in [1.54, 1.807) is 23.7 Å². The van der Waals surface area contributed by atoms with Gasteiger partial charge in [0.25, 0.3) is 5.95 Å². The zero-order valence-electron chi connectivity index (χ0n) is 18.3. The predicted octanol–water partition coefficient (Wildman–Crippen LogP) is 4.27. The number of hydrogen-bond donors (Lipinski definition) is 3. The van der Waals surface area contributed by atoms with Gasteiger partial charge >= 0.3 is 0 Å². The second-order valence-electron chi connectivity index (χ2n) is 7.26. The Labute approximate surface area is 200 Å². The van der Waals surface area contributed by atoms with Gasteiger partial charge in [-0.15, -0.1) is 10.2 Å². The van der Waals surface area contributed by atoms with Gasteiger partial charge in [0.1, 0.15) is 15.7 Å². The molecule has 33 heavy (non-hydrogen) atoms. The highest BCUT2D eigenvalue weighted by molar-refractivity contribution is 7.19. The largest absolute Gasteiger partial charge is 0.385 e. The van der Waals surface area contributed by atoms with E-state index < -0.39 is 0 Å². The van der Waals surface area contributed by atoms with Crippen LogP contribution in [0.2, 0.25) is 5.02 Å². The van der Waals surface area contributed by atoms with E-state index in [-0.39, 0.29) is 0 Å². The SMILES string of the molecule is CNc1sc2c(c1NC)C(c1ccc(Cl)cc1)=NN(Cc1ccncc1)c1nnc(NC)n1-2. The standard InChI is InChI=1S/C22H22ClN9S/c1-24-18-16-17(14-4-6-15(23)7-5-14)30-31(12-13-8-10-27-11-9-13)22-29-28-21(26-3)32(22)20(16)33-19(18)25-2/h4-11,24-25H,12H2,1-3H3,(H,26,28). The van der Waals surface area contributed by atoms with Gasteiger partial charge in [0.05, 0.1) is 17.8 Å². The van der Waals surface area contributed by atoms with Crippen molar-refractivity contribution in [3.63, 3.8) is 0 Å². The molecule has 0 saturated carbocycles. The molecule has 5 rings (SSSR count). The van der Waals surface area contributed by atoms with Crippen molar-refractivity contribution in [1.82, 2.24) is 19.7 Å². The molecule has 3 aromatic heterocycles. The second-order valence-corrected chi connectivity index (χ2v) is 8.70. The summed E-state index contributed by atoms with van der Waals surface area (Å²) < 4.78 is 2.01. The van der Waals surface area contributed by atoms with Crippen molar-refractivity contribution in [2.45, 2.75) is 6.54 Å². The van der Waals surface area contributed by atoms with Gasteiger partial charge in [-0.3, -0.25) is 4.98 Å².